The summed E-state index contributed by atoms with van der Waals surface area (Å²) < 4.78 is 0. The molecule has 0 bridgehead atoms. The minimum atomic E-state index is 0.801. The summed E-state index contributed by atoms with van der Waals surface area (Å²) in [5.74, 6) is 0.904. The van der Waals surface area contributed by atoms with Crippen LogP contribution in [0.3, 0.4) is 0 Å². The molecule has 3 aliphatic heterocycles. The molecule has 3 saturated heterocycles. The van der Waals surface area contributed by atoms with Gasteiger partial charge in [0.2, 0.25) is 0 Å². The summed E-state index contributed by atoms with van der Waals surface area (Å²) in [5, 5.41) is 3.67. The maximum Gasteiger partial charge on any atom is 0.0264 e. The predicted molar refractivity (Wildman–Crippen MR) is 85.1 cm³/mol. The van der Waals surface area contributed by atoms with Gasteiger partial charge in [0.25, 0.3) is 0 Å². The van der Waals surface area contributed by atoms with Crippen molar-refractivity contribution in [2.24, 2.45) is 5.92 Å². The lowest BCUT2D eigenvalue weighted by molar-refractivity contribution is 0.0337. The van der Waals surface area contributed by atoms with Crippen molar-refractivity contribution < 1.29 is 0 Å². The third kappa shape index (κ3) is 3.37. The summed E-state index contributed by atoms with van der Waals surface area (Å²) in [4.78, 5) is 5.62. The molecule has 3 heterocycles. The Morgan fingerprint density at radius 1 is 1.00 bits per heavy atom. The van der Waals surface area contributed by atoms with Gasteiger partial charge >= 0.3 is 0 Å². The molecule has 3 aliphatic rings. The molecule has 1 N–H and O–H groups in total. The third-order valence-corrected chi connectivity index (χ3v) is 5.85. The highest BCUT2D eigenvalue weighted by Gasteiger charge is 2.35. The number of likely N-dealkylation sites (tertiary alicyclic amines) is 2. The van der Waals surface area contributed by atoms with Crippen LogP contribution in [-0.4, -0.2) is 61.2 Å². The van der Waals surface area contributed by atoms with E-state index in [0.717, 1.165) is 18.0 Å². The van der Waals surface area contributed by atoms with Crippen molar-refractivity contribution in [3.63, 3.8) is 0 Å². The Labute approximate surface area is 125 Å². The van der Waals surface area contributed by atoms with E-state index < -0.39 is 0 Å². The molecular formula is C17H33N3. The number of nitrogens with zero attached hydrogens (tertiary/aromatic N) is 2. The molecule has 3 heteroatoms. The Morgan fingerprint density at radius 2 is 1.80 bits per heavy atom. The number of nitrogens with one attached hydrogen (secondary N) is 1. The molecule has 3 unspecified atom stereocenters. The van der Waals surface area contributed by atoms with Crippen LogP contribution >= 0.6 is 0 Å². The Hall–Kier alpha value is -0.120. The van der Waals surface area contributed by atoms with Gasteiger partial charge in [0.05, 0.1) is 0 Å². The number of piperidine rings is 2. The molecule has 0 aliphatic carbocycles. The van der Waals surface area contributed by atoms with Crippen molar-refractivity contribution in [2.45, 2.75) is 64.0 Å². The van der Waals surface area contributed by atoms with Crippen LogP contribution in [-0.2, 0) is 0 Å². The van der Waals surface area contributed by atoms with Gasteiger partial charge in [0.1, 0.15) is 0 Å². The van der Waals surface area contributed by atoms with E-state index in [1.54, 1.807) is 0 Å². The second-order valence-corrected chi connectivity index (χ2v) is 7.12. The molecule has 20 heavy (non-hydrogen) atoms. The van der Waals surface area contributed by atoms with Crippen molar-refractivity contribution in [3.05, 3.63) is 0 Å². The van der Waals surface area contributed by atoms with Gasteiger partial charge in [0.15, 0.2) is 0 Å². The molecule has 0 aromatic rings. The zero-order chi connectivity index (χ0) is 13.8. The van der Waals surface area contributed by atoms with Crippen molar-refractivity contribution in [1.29, 1.82) is 0 Å². The van der Waals surface area contributed by atoms with Crippen LogP contribution in [0.5, 0.6) is 0 Å². The molecule has 3 fully saturated rings. The molecule has 0 spiro atoms. The quantitative estimate of drug-likeness (QED) is 0.852. The number of hydrogen-bond acceptors (Lipinski definition) is 3. The highest BCUT2D eigenvalue weighted by atomic mass is 15.2. The van der Waals surface area contributed by atoms with Gasteiger partial charge in [-0.25, -0.2) is 0 Å². The molecule has 0 amide bonds. The third-order valence-electron chi connectivity index (χ3n) is 5.85. The van der Waals surface area contributed by atoms with Gasteiger partial charge in [0, 0.05) is 25.2 Å². The monoisotopic (exact) mass is 279 g/mol. The van der Waals surface area contributed by atoms with Crippen LogP contribution in [0.4, 0.5) is 0 Å². The molecular weight excluding hydrogens is 246 g/mol. The van der Waals surface area contributed by atoms with Crippen molar-refractivity contribution >= 4 is 0 Å². The van der Waals surface area contributed by atoms with E-state index in [4.69, 9.17) is 0 Å². The van der Waals surface area contributed by atoms with Gasteiger partial charge in [-0.3, -0.25) is 4.90 Å². The predicted octanol–water partition coefficient (Wildman–Crippen LogP) is 2.32. The SMILES string of the molecule is CCC1CCCCN1C1CNCCC1CN1CCCC1. The first-order valence-corrected chi connectivity index (χ1v) is 9.07. The Kier molecular flexibility index (Phi) is 5.36. The minimum Gasteiger partial charge on any atom is -0.315 e. The number of hydrogen-bond donors (Lipinski definition) is 1. The molecule has 0 saturated carbocycles. The highest BCUT2D eigenvalue weighted by molar-refractivity contribution is 4.92. The highest BCUT2D eigenvalue weighted by Crippen LogP contribution is 2.28. The zero-order valence-corrected chi connectivity index (χ0v) is 13.3. The van der Waals surface area contributed by atoms with Crippen molar-refractivity contribution in [2.75, 3.05) is 39.3 Å². The minimum absolute atomic E-state index is 0.801. The van der Waals surface area contributed by atoms with Crippen LogP contribution < -0.4 is 5.32 Å². The number of rotatable bonds is 4. The van der Waals surface area contributed by atoms with E-state index in [1.165, 1.54) is 84.2 Å². The fourth-order valence-corrected chi connectivity index (χ4v) is 4.69. The molecule has 116 valence electrons. The van der Waals surface area contributed by atoms with Crippen LogP contribution in [0.25, 0.3) is 0 Å². The molecule has 3 atom stereocenters. The summed E-state index contributed by atoms with van der Waals surface area (Å²) in [6.45, 7) is 10.3. The second kappa shape index (κ2) is 7.24. The van der Waals surface area contributed by atoms with Gasteiger partial charge in [-0.1, -0.05) is 13.3 Å². The first-order chi connectivity index (χ1) is 9.88. The summed E-state index contributed by atoms with van der Waals surface area (Å²) >= 11 is 0. The average molecular weight is 279 g/mol. The van der Waals surface area contributed by atoms with Crippen LogP contribution in [0, 0.1) is 5.92 Å². The normalized spacial score (nSPS) is 37.4. The lowest BCUT2D eigenvalue weighted by atomic mass is 9.87. The smallest absolute Gasteiger partial charge is 0.0264 e. The fraction of sp³-hybridized carbons (Fsp3) is 1.00. The second-order valence-electron chi connectivity index (χ2n) is 7.12. The average Bonchev–Trinajstić information content (AvgIpc) is 3.01. The maximum atomic E-state index is 3.67. The van der Waals surface area contributed by atoms with Crippen molar-refractivity contribution in [3.8, 4) is 0 Å². The zero-order valence-electron chi connectivity index (χ0n) is 13.3. The van der Waals surface area contributed by atoms with E-state index in [9.17, 15) is 0 Å². The fourth-order valence-electron chi connectivity index (χ4n) is 4.69. The molecule has 0 aromatic heterocycles. The summed E-state index contributed by atoms with van der Waals surface area (Å²) in [5.41, 5.74) is 0. The van der Waals surface area contributed by atoms with E-state index in [-0.39, 0.29) is 0 Å². The lowest BCUT2D eigenvalue weighted by Gasteiger charge is -2.47. The van der Waals surface area contributed by atoms with E-state index >= 15 is 0 Å². The summed E-state index contributed by atoms with van der Waals surface area (Å²) in [7, 11) is 0. The Morgan fingerprint density at radius 3 is 2.60 bits per heavy atom. The molecule has 3 rings (SSSR count). The molecule has 0 aromatic carbocycles. The van der Waals surface area contributed by atoms with Gasteiger partial charge < -0.3 is 10.2 Å². The summed E-state index contributed by atoms with van der Waals surface area (Å²) in [6, 6.07) is 1.66. The first kappa shape index (κ1) is 14.8. The van der Waals surface area contributed by atoms with Crippen LogP contribution in [0.1, 0.15) is 51.9 Å². The van der Waals surface area contributed by atoms with Crippen LogP contribution in [0.2, 0.25) is 0 Å². The van der Waals surface area contributed by atoms with E-state index in [0.29, 0.717) is 0 Å². The Bertz CT molecular complexity index is 288. The Balaban J connectivity index is 1.63. The standard InChI is InChI=1S/C17H33N3/c1-2-16-7-3-4-12-20(16)17-13-18-9-8-15(17)14-19-10-5-6-11-19/h15-18H,2-14H2,1H3. The van der Waals surface area contributed by atoms with Gasteiger partial charge in [-0.2, -0.15) is 0 Å². The van der Waals surface area contributed by atoms with Gasteiger partial charge in [-0.05, 0) is 70.6 Å². The van der Waals surface area contributed by atoms with E-state index in [1.807, 2.05) is 0 Å². The first-order valence-electron chi connectivity index (χ1n) is 9.07. The van der Waals surface area contributed by atoms with Crippen LogP contribution in [0.15, 0.2) is 0 Å². The maximum absolute atomic E-state index is 3.67. The van der Waals surface area contributed by atoms with Crippen molar-refractivity contribution in [1.82, 2.24) is 15.1 Å². The van der Waals surface area contributed by atoms with E-state index in [2.05, 4.69) is 22.0 Å². The lowest BCUT2D eigenvalue weighted by Crippen LogP contribution is -2.57. The van der Waals surface area contributed by atoms with Gasteiger partial charge in [-0.15, -0.1) is 0 Å². The molecule has 0 radical (unpaired) electrons. The summed E-state index contributed by atoms with van der Waals surface area (Å²) in [6.07, 6.45) is 9.88. The largest absolute Gasteiger partial charge is 0.315 e. The molecule has 3 nitrogen and oxygen atoms in total. The topological polar surface area (TPSA) is 18.5 Å².